The third-order valence-electron chi connectivity index (χ3n) is 3.84. The maximum atomic E-state index is 12.0. The molecule has 0 atom stereocenters. The van der Waals surface area contributed by atoms with Crippen molar-refractivity contribution in [3.05, 3.63) is 80.6 Å². The molecule has 6 nitrogen and oxygen atoms in total. The van der Waals surface area contributed by atoms with Gasteiger partial charge in [0, 0.05) is 29.1 Å². The Labute approximate surface area is 137 Å². The van der Waals surface area contributed by atoms with Gasteiger partial charge in [-0.3, -0.25) is 0 Å². The second-order valence-electron chi connectivity index (χ2n) is 5.55. The van der Waals surface area contributed by atoms with Crippen molar-refractivity contribution in [2.45, 2.75) is 20.5 Å². The zero-order chi connectivity index (χ0) is 17.3. The van der Waals surface area contributed by atoms with Gasteiger partial charge < -0.3 is 14.4 Å². The Hall–Kier alpha value is -3.15. The fourth-order valence-corrected chi connectivity index (χ4v) is 2.38. The Balaban J connectivity index is 1.89. The number of carbonyl (C=O) groups is 1. The monoisotopic (exact) mass is 325 g/mol. The average Bonchev–Trinajstić information content (AvgIpc) is 2.54. The molecule has 0 unspecified atom stereocenters. The first-order valence-corrected chi connectivity index (χ1v) is 7.34. The molecule has 24 heavy (non-hydrogen) atoms. The molecule has 0 aliphatic carbocycles. The lowest BCUT2D eigenvalue weighted by atomic mass is 10.0. The molecule has 0 spiro atoms. The minimum Gasteiger partial charge on any atom is -0.619 e. The number of rotatable bonds is 3. The minimum absolute atomic E-state index is 0.0598. The highest BCUT2D eigenvalue weighted by atomic mass is 16.5. The molecule has 6 heteroatoms. The van der Waals surface area contributed by atoms with E-state index in [-0.39, 0.29) is 12.2 Å². The third kappa shape index (κ3) is 3.12. The van der Waals surface area contributed by atoms with Crippen molar-refractivity contribution in [3.63, 3.8) is 0 Å². The van der Waals surface area contributed by atoms with Crippen LogP contribution in [0.15, 0.2) is 51.9 Å². The summed E-state index contributed by atoms with van der Waals surface area (Å²) in [5.74, 6) is -0.569. The number of aryl methyl sites for hydroxylation is 2. The molecule has 0 amide bonds. The first-order valence-electron chi connectivity index (χ1n) is 7.34. The third-order valence-corrected chi connectivity index (χ3v) is 3.84. The number of hydrogen-bond acceptors (Lipinski definition) is 5. The predicted octanol–water partition coefficient (Wildman–Crippen LogP) is 2.40. The van der Waals surface area contributed by atoms with Crippen LogP contribution in [-0.4, -0.2) is 5.97 Å². The van der Waals surface area contributed by atoms with E-state index in [1.54, 1.807) is 6.07 Å². The number of ether oxygens (including phenoxy) is 1. The van der Waals surface area contributed by atoms with Crippen LogP contribution >= 0.6 is 0 Å². The summed E-state index contributed by atoms with van der Waals surface area (Å²) in [7, 11) is 0. The molecule has 0 aliphatic rings. The number of benzene rings is 1. The normalized spacial score (nSPS) is 10.8. The highest BCUT2D eigenvalue weighted by molar-refractivity contribution is 5.89. The average molecular weight is 325 g/mol. The lowest BCUT2D eigenvalue weighted by Gasteiger charge is -2.09. The fourth-order valence-electron chi connectivity index (χ4n) is 2.38. The quantitative estimate of drug-likeness (QED) is 0.319. The van der Waals surface area contributed by atoms with Crippen LogP contribution < -0.4 is 10.4 Å². The van der Waals surface area contributed by atoms with E-state index in [9.17, 15) is 14.8 Å². The number of aromatic nitrogens is 1. The van der Waals surface area contributed by atoms with Gasteiger partial charge in [0.05, 0.1) is 5.56 Å². The van der Waals surface area contributed by atoms with Crippen molar-refractivity contribution in [1.29, 1.82) is 0 Å². The molecular formula is C18H15NO5. The number of esters is 1. The summed E-state index contributed by atoms with van der Waals surface area (Å²) < 4.78 is 11.0. The summed E-state index contributed by atoms with van der Waals surface area (Å²) in [6.07, 6.45) is 2.44. The molecular weight excluding hydrogens is 310 g/mol. The molecule has 0 radical (unpaired) electrons. The standard InChI is InChI=1S/C18H15NO5/c1-11-7-15-14(9-17(20)24-16(15)8-12(11)2)10-23-18(21)13-3-5-19(22)6-4-13/h3-9H,10H2,1-2H3. The van der Waals surface area contributed by atoms with E-state index in [2.05, 4.69) is 0 Å². The summed E-state index contributed by atoms with van der Waals surface area (Å²) in [4.78, 5) is 23.7. The van der Waals surface area contributed by atoms with E-state index < -0.39 is 11.6 Å². The molecule has 0 bridgehead atoms. The van der Waals surface area contributed by atoms with Gasteiger partial charge in [0.2, 0.25) is 0 Å². The second kappa shape index (κ2) is 6.16. The van der Waals surface area contributed by atoms with Crippen LogP contribution in [-0.2, 0) is 11.3 Å². The zero-order valence-corrected chi connectivity index (χ0v) is 13.2. The smallest absolute Gasteiger partial charge is 0.338 e. The number of fused-ring (bicyclic) bond motifs is 1. The van der Waals surface area contributed by atoms with Gasteiger partial charge in [-0.05, 0) is 37.1 Å². The minimum atomic E-state index is -0.569. The van der Waals surface area contributed by atoms with E-state index in [0.29, 0.717) is 15.9 Å². The molecule has 0 saturated carbocycles. The summed E-state index contributed by atoms with van der Waals surface area (Å²) in [6, 6.07) is 7.77. The molecule has 0 fully saturated rings. The van der Waals surface area contributed by atoms with Crippen LogP contribution in [0.1, 0.15) is 27.0 Å². The van der Waals surface area contributed by atoms with Crippen LogP contribution in [0.4, 0.5) is 0 Å². The Morgan fingerprint density at radius 1 is 1.17 bits per heavy atom. The highest BCUT2D eigenvalue weighted by Gasteiger charge is 2.12. The second-order valence-corrected chi connectivity index (χ2v) is 5.55. The van der Waals surface area contributed by atoms with Crippen LogP contribution in [0, 0.1) is 19.1 Å². The molecule has 0 N–H and O–H groups in total. The molecule has 122 valence electrons. The number of hydrogen-bond donors (Lipinski definition) is 0. The van der Waals surface area contributed by atoms with Gasteiger partial charge in [0.25, 0.3) is 0 Å². The summed E-state index contributed by atoms with van der Waals surface area (Å²) in [5, 5.41) is 11.7. The SMILES string of the molecule is Cc1cc2oc(=O)cc(COC(=O)c3cc[n+]([O-])cc3)c2cc1C. The van der Waals surface area contributed by atoms with Gasteiger partial charge in [0.15, 0.2) is 12.4 Å². The van der Waals surface area contributed by atoms with Gasteiger partial charge in [0.1, 0.15) is 12.2 Å². The summed E-state index contributed by atoms with van der Waals surface area (Å²) in [5.41, 5.74) is 2.86. The topological polar surface area (TPSA) is 83.5 Å². The van der Waals surface area contributed by atoms with E-state index in [4.69, 9.17) is 9.15 Å². The highest BCUT2D eigenvalue weighted by Crippen LogP contribution is 2.22. The Morgan fingerprint density at radius 3 is 2.54 bits per heavy atom. The molecule has 2 aromatic heterocycles. The lowest BCUT2D eigenvalue weighted by molar-refractivity contribution is -0.605. The molecule has 3 aromatic rings. The predicted molar refractivity (Wildman–Crippen MR) is 86.5 cm³/mol. The van der Waals surface area contributed by atoms with E-state index in [0.717, 1.165) is 16.5 Å². The molecule has 1 aromatic carbocycles. The van der Waals surface area contributed by atoms with Crippen molar-refractivity contribution in [2.75, 3.05) is 0 Å². The van der Waals surface area contributed by atoms with Crippen LogP contribution in [0.5, 0.6) is 0 Å². The van der Waals surface area contributed by atoms with Gasteiger partial charge >= 0.3 is 11.6 Å². The van der Waals surface area contributed by atoms with Crippen molar-refractivity contribution >= 4 is 16.9 Å². The molecule has 3 rings (SSSR count). The van der Waals surface area contributed by atoms with Gasteiger partial charge in [-0.25, -0.2) is 9.59 Å². The largest absolute Gasteiger partial charge is 0.619 e. The Bertz CT molecular complexity index is 973. The first kappa shape index (κ1) is 15.7. The number of nitrogens with zero attached hydrogens (tertiary/aromatic N) is 1. The summed E-state index contributed by atoms with van der Waals surface area (Å²) in [6.45, 7) is 3.83. The van der Waals surface area contributed by atoms with Crippen LogP contribution in [0.25, 0.3) is 11.0 Å². The lowest BCUT2D eigenvalue weighted by Crippen LogP contribution is -2.24. The van der Waals surface area contributed by atoms with Crippen molar-refractivity contribution in [1.82, 2.24) is 0 Å². The maximum absolute atomic E-state index is 12.0. The fraction of sp³-hybridized carbons (Fsp3) is 0.167. The van der Waals surface area contributed by atoms with E-state index in [1.807, 2.05) is 19.9 Å². The van der Waals surface area contributed by atoms with E-state index >= 15 is 0 Å². The van der Waals surface area contributed by atoms with E-state index in [1.165, 1.54) is 30.6 Å². The van der Waals surface area contributed by atoms with Crippen molar-refractivity contribution in [2.24, 2.45) is 0 Å². The number of pyridine rings is 1. The van der Waals surface area contributed by atoms with Crippen molar-refractivity contribution in [3.8, 4) is 0 Å². The first-order chi connectivity index (χ1) is 11.4. The van der Waals surface area contributed by atoms with Gasteiger partial charge in [-0.2, -0.15) is 4.73 Å². The Kier molecular flexibility index (Phi) is 4.04. The Morgan fingerprint density at radius 2 is 1.83 bits per heavy atom. The van der Waals surface area contributed by atoms with Crippen molar-refractivity contribution < 1.29 is 18.7 Å². The van der Waals surface area contributed by atoms with Gasteiger partial charge in [-0.15, -0.1) is 0 Å². The molecule has 2 heterocycles. The molecule has 0 saturated heterocycles. The van der Waals surface area contributed by atoms with Crippen LogP contribution in [0.2, 0.25) is 0 Å². The van der Waals surface area contributed by atoms with Gasteiger partial charge in [-0.1, -0.05) is 0 Å². The zero-order valence-electron chi connectivity index (χ0n) is 13.2. The maximum Gasteiger partial charge on any atom is 0.338 e. The summed E-state index contributed by atoms with van der Waals surface area (Å²) >= 11 is 0. The molecule has 0 aliphatic heterocycles. The number of carbonyl (C=O) groups excluding carboxylic acids is 1. The van der Waals surface area contributed by atoms with Crippen LogP contribution in [0.3, 0.4) is 0 Å².